The Labute approximate surface area is 342 Å². The Bertz CT molecular complexity index is 1800. The van der Waals surface area contributed by atoms with Crippen LogP contribution < -0.4 is 18.9 Å². The van der Waals surface area contributed by atoms with Crippen LogP contribution in [-0.2, 0) is 28.5 Å². The number of benzene rings is 2. The molecular weight excluding hydrogens is 804 g/mol. The summed E-state index contributed by atoms with van der Waals surface area (Å²) in [4.78, 5) is 25.3. The van der Waals surface area contributed by atoms with Crippen molar-refractivity contribution in [3.05, 3.63) is 59.7 Å². The fraction of sp³-hybridized carbons (Fsp3) is 0.538. The normalized spacial score (nSPS) is 34.7. The van der Waals surface area contributed by atoms with E-state index in [0.29, 0.717) is 11.1 Å². The number of ether oxygens (including phenoxy) is 8. The lowest BCUT2D eigenvalue weighted by Crippen LogP contribution is -2.65. The van der Waals surface area contributed by atoms with Gasteiger partial charge in [-0.1, -0.05) is 24.3 Å². The van der Waals surface area contributed by atoms with Crippen LogP contribution in [0.15, 0.2) is 48.6 Å². The lowest BCUT2D eigenvalue weighted by atomic mass is 9.97. The van der Waals surface area contributed by atoms with Crippen molar-refractivity contribution < 1.29 is 104 Å². The Morgan fingerprint density at radius 1 is 0.533 bits per heavy atom. The molecule has 332 valence electrons. The predicted octanol–water partition coefficient (Wildman–Crippen LogP) is -3.86. The van der Waals surface area contributed by atoms with Gasteiger partial charge in [0.1, 0.15) is 73.2 Å². The zero-order valence-electron chi connectivity index (χ0n) is 32.3. The lowest BCUT2D eigenvalue weighted by Gasteiger charge is -2.45. The Kier molecular flexibility index (Phi) is 16.5. The van der Waals surface area contributed by atoms with Gasteiger partial charge in [-0.05, 0) is 47.5 Å². The van der Waals surface area contributed by atoms with E-state index in [1.807, 2.05) is 0 Å². The highest BCUT2D eigenvalue weighted by atomic mass is 16.7. The highest BCUT2D eigenvalue weighted by molar-refractivity contribution is 6.10. The quantitative estimate of drug-likeness (QED) is 0.0536. The molecule has 0 aliphatic carbocycles. The van der Waals surface area contributed by atoms with Gasteiger partial charge in [0.05, 0.1) is 40.5 Å². The van der Waals surface area contributed by atoms with Crippen molar-refractivity contribution >= 4 is 23.7 Å². The first-order valence-electron chi connectivity index (χ1n) is 18.6. The molecule has 3 saturated heterocycles. The number of carbonyl (C=O) groups is 2. The van der Waals surface area contributed by atoms with Gasteiger partial charge >= 0.3 is 0 Å². The summed E-state index contributed by atoms with van der Waals surface area (Å²) in [5.74, 6) is -0.716. The smallest absolute Gasteiger partial charge is 0.229 e. The summed E-state index contributed by atoms with van der Waals surface area (Å²) in [7, 11) is 2.65. The fourth-order valence-corrected chi connectivity index (χ4v) is 6.50. The minimum absolute atomic E-state index is 0.00937. The molecule has 60 heavy (non-hydrogen) atoms. The lowest BCUT2D eigenvalue weighted by molar-refractivity contribution is -0.352. The van der Waals surface area contributed by atoms with Gasteiger partial charge in [-0.15, -0.1) is 0 Å². The van der Waals surface area contributed by atoms with E-state index in [1.54, 1.807) is 6.07 Å². The van der Waals surface area contributed by atoms with Gasteiger partial charge in [-0.3, -0.25) is 9.59 Å². The topological polar surface area (TPSA) is 331 Å². The number of aliphatic hydroxyl groups excluding tert-OH is 11. The van der Waals surface area contributed by atoms with Gasteiger partial charge in [0.25, 0.3) is 0 Å². The van der Waals surface area contributed by atoms with Crippen LogP contribution in [0.25, 0.3) is 12.2 Å². The Morgan fingerprint density at radius 3 is 1.37 bits per heavy atom. The van der Waals surface area contributed by atoms with Crippen LogP contribution in [0.1, 0.15) is 17.5 Å². The first-order valence-corrected chi connectivity index (χ1v) is 18.6. The number of aliphatic hydroxyl groups is 11. The first kappa shape index (κ1) is 46.9. The standard InChI is InChI=1S/C39H50O21/c1-53-23-11-17(5-9-21(23)55-37-33(50)31(48)28(45)25(14-40)57-37)3-7-19(43)13-20(44)8-4-18-6-10-22(24(12-18)54-2)56-39-35(52)36(30(47)27(16-42)59-39)60-38-34(51)32(49)29(46)26(15-41)58-38/h3-12,25-42,45-52H,13-16H2,1-2H3/b7-3+,8-4+/t25-,26-,27-,28-,29-,30-,31+,32+,33-,34-,35-,36+,37-,38+,39-/m1/s1. The molecule has 0 amide bonds. The Morgan fingerprint density at radius 2 is 0.933 bits per heavy atom. The van der Waals surface area contributed by atoms with Gasteiger partial charge in [-0.25, -0.2) is 0 Å². The van der Waals surface area contributed by atoms with E-state index in [-0.39, 0.29) is 23.0 Å². The van der Waals surface area contributed by atoms with E-state index in [1.165, 1.54) is 68.9 Å². The molecule has 0 aromatic heterocycles. The van der Waals surface area contributed by atoms with Crippen molar-refractivity contribution in [2.24, 2.45) is 0 Å². The van der Waals surface area contributed by atoms with Gasteiger partial charge in [0.15, 0.2) is 40.9 Å². The monoisotopic (exact) mass is 854 g/mol. The van der Waals surface area contributed by atoms with Crippen molar-refractivity contribution in [2.75, 3.05) is 34.0 Å². The molecule has 5 rings (SSSR count). The molecule has 0 radical (unpaired) electrons. The van der Waals surface area contributed by atoms with E-state index in [4.69, 9.17) is 37.9 Å². The van der Waals surface area contributed by atoms with Crippen molar-refractivity contribution in [3.8, 4) is 23.0 Å². The van der Waals surface area contributed by atoms with Crippen molar-refractivity contribution in [1.29, 1.82) is 0 Å². The summed E-state index contributed by atoms with van der Waals surface area (Å²) in [6.45, 7) is -2.15. The number of rotatable bonds is 17. The molecule has 21 nitrogen and oxygen atoms in total. The average Bonchev–Trinajstić information content (AvgIpc) is 3.25. The maximum Gasteiger partial charge on any atom is 0.229 e. The van der Waals surface area contributed by atoms with E-state index >= 15 is 0 Å². The minimum atomic E-state index is -1.85. The largest absolute Gasteiger partial charge is 0.493 e. The second kappa shape index (κ2) is 21.1. The number of carbonyl (C=O) groups excluding carboxylic acids is 2. The van der Waals surface area contributed by atoms with E-state index in [2.05, 4.69) is 0 Å². The second-order valence-electron chi connectivity index (χ2n) is 14.0. The van der Waals surface area contributed by atoms with E-state index in [0.717, 1.165) is 0 Å². The number of methoxy groups -OCH3 is 2. The van der Waals surface area contributed by atoms with Gasteiger partial charge in [-0.2, -0.15) is 0 Å². The molecule has 3 heterocycles. The molecule has 0 bridgehead atoms. The number of hydrogen-bond acceptors (Lipinski definition) is 21. The van der Waals surface area contributed by atoms with E-state index in [9.17, 15) is 65.8 Å². The molecule has 3 fully saturated rings. The maximum absolute atomic E-state index is 12.7. The number of allylic oxidation sites excluding steroid dienone is 2. The molecule has 2 aromatic carbocycles. The molecule has 0 saturated carbocycles. The molecule has 2 aromatic rings. The van der Waals surface area contributed by atoms with Crippen LogP contribution in [0.2, 0.25) is 0 Å². The summed E-state index contributed by atoms with van der Waals surface area (Å²) in [5, 5.41) is 112. The van der Waals surface area contributed by atoms with Gasteiger partial charge in [0.2, 0.25) is 12.6 Å². The van der Waals surface area contributed by atoms with E-state index < -0.39 is 130 Å². The van der Waals surface area contributed by atoms with Gasteiger partial charge in [0, 0.05) is 0 Å². The Balaban J connectivity index is 1.18. The van der Waals surface area contributed by atoms with Crippen molar-refractivity contribution in [3.63, 3.8) is 0 Å². The third kappa shape index (κ3) is 10.8. The number of hydrogen-bond donors (Lipinski definition) is 11. The summed E-state index contributed by atoms with van der Waals surface area (Å²) < 4.78 is 44.1. The molecule has 3 aliphatic heterocycles. The van der Waals surface area contributed by atoms with Gasteiger partial charge < -0.3 is 94.1 Å². The molecular formula is C39H50O21. The van der Waals surface area contributed by atoms with Crippen LogP contribution in [-0.4, -0.2) is 194 Å². The molecule has 21 heteroatoms. The Hall–Kier alpha value is -4.14. The summed E-state index contributed by atoms with van der Waals surface area (Å²) in [6, 6.07) is 8.87. The second-order valence-corrected chi connectivity index (χ2v) is 14.0. The minimum Gasteiger partial charge on any atom is -0.493 e. The highest BCUT2D eigenvalue weighted by Crippen LogP contribution is 2.35. The third-order valence-electron chi connectivity index (χ3n) is 9.94. The van der Waals surface area contributed by atoms with Crippen LogP contribution in [0.5, 0.6) is 23.0 Å². The predicted molar refractivity (Wildman–Crippen MR) is 200 cm³/mol. The molecule has 0 unspecified atom stereocenters. The highest BCUT2D eigenvalue weighted by Gasteiger charge is 2.51. The molecule has 3 aliphatic rings. The number of ketones is 2. The molecule has 0 spiro atoms. The maximum atomic E-state index is 12.7. The fourth-order valence-electron chi connectivity index (χ4n) is 6.50. The van der Waals surface area contributed by atoms with Crippen LogP contribution >= 0.6 is 0 Å². The van der Waals surface area contributed by atoms with Crippen LogP contribution in [0, 0.1) is 0 Å². The molecule has 11 N–H and O–H groups in total. The summed E-state index contributed by atoms with van der Waals surface area (Å²) >= 11 is 0. The SMILES string of the molecule is COc1cc(/C=C/C(=O)CC(=O)/C=C/c2ccc(O[C@@H]3O[C@H](CO)[C@@H](O)[C@H](O[C@@H]4O[C@H](CO)[C@@H](O)[C@H](O)[C@H]4O)[C@H]3O)c(OC)c2)ccc1O[C@@H]1O[C@H](CO)[C@@H](O)[C@H](O)[C@H]1O. The first-order chi connectivity index (χ1) is 28.6. The zero-order valence-corrected chi connectivity index (χ0v) is 32.3. The average molecular weight is 855 g/mol. The van der Waals surface area contributed by atoms with Crippen LogP contribution in [0.3, 0.4) is 0 Å². The summed E-state index contributed by atoms with van der Waals surface area (Å²) in [6.07, 6.45) is -19.3. The third-order valence-corrected chi connectivity index (χ3v) is 9.94. The summed E-state index contributed by atoms with van der Waals surface area (Å²) in [5.41, 5.74) is 0.913. The zero-order chi connectivity index (χ0) is 43.8. The van der Waals surface area contributed by atoms with Crippen molar-refractivity contribution in [1.82, 2.24) is 0 Å². The van der Waals surface area contributed by atoms with Crippen molar-refractivity contribution in [2.45, 2.75) is 98.5 Å². The molecule has 15 atom stereocenters. The van der Waals surface area contributed by atoms with Crippen LogP contribution in [0.4, 0.5) is 0 Å².